The Morgan fingerprint density at radius 3 is 2.93 bits per heavy atom. The molecule has 2 heteroatoms. The van der Waals surface area contributed by atoms with Crippen molar-refractivity contribution in [3.63, 3.8) is 0 Å². The van der Waals surface area contributed by atoms with Gasteiger partial charge >= 0.3 is 0 Å². The summed E-state index contributed by atoms with van der Waals surface area (Å²) in [5, 5.41) is 0. The Kier molecular flexibility index (Phi) is 5.20. The molecule has 14 heavy (non-hydrogen) atoms. The van der Waals surface area contributed by atoms with Crippen molar-refractivity contribution in [2.45, 2.75) is 38.2 Å². The summed E-state index contributed by atoms with van der Waals surface area (Å²) in [6.45, 7) is 6.05. The number of ether oxygens (including phenoxy) is 1. The highest BCUT2D eigenvalue weighted by molar-refractivity contribution is 4.99. The first-order chi connectivity index (χ1) is 6.68. The molecule has 2 nitrogen and oxygen atoms in total. The number of rotatable bonds is 5. The zero-order chi connectivity index (χ0) is 10.4. The Hall–Kier alpha value is -0.340. The fourth-order valence-corrected chi connectivity index (χ4v) is 1.88. The van der Waals surface area contributed by atoms with E-state index in [0.29, 0.717) is 6.10 Å². The van der Waals surface area contributed by atoms with Gasteiger partial charge in [0.1, 0.15) is 0 Å². The Labute approximate surface area is 87.9 Å². The highest BCUT2D eigenvalue weighted by Crippen LogP contribution is 2.24. The van der Waals surface area contributed by atoms with E-state index >= 15 is 0 Å². The van der Waals surface area contributed by atoms with Crippen LogP contribution in [-0.4, -0.2) is 38.3 Å². The molecule has 1 unspecified atom stereocenters. The van der Waals surface area contributed by atoms with Gasteiger partial charge in [0.05, 0.1) is 6.10 Å². The van der Waals surface area contributed by atoms with Crippen molar-refractivity contribution in [3.05, 3.63) is 12.2 Å². The summed E-state index contributed by atoms with van der Waals surface area (Å²) in [6.07, 6.45) is 6.37. The van der Waals surface area contributed by atoms with Crippen molar-refractivity contribution < 1.29 is 4.74 Å². The zero-order valence-electron chi connectivity index (χ0n) is 9.59. The normalized spacial score (nSPS) is 23.1. The van der Waals surface area contributed by atoms with Crippen LogP contribution < -0.4 is 0 Å². The average molecular weight is 197 g/mol. The van der Waals surface area contributed by atoms with Gasteiger partial charge in [0, 0.05) is 6.61 Å². The van der Waals surface area contributed by atoms with Crippen LogP contribution >= 0.6 is 0 Å². The minimum atomic E-state index is 0.457. The van der Waals surface area contributed by atoms with Crippen molar-refractivity contribution in [1.29, 1.82) is 0 Å². The van der Waals surface area contributed by atoms with Crippen LogP contribution in [0.15, 0.2) is 12.2 Å². The molecular formula is C12H23NO. The third kappa shape index (κ3) is 4.77. The van der Waals surface area contributed by atoms with Crippen LogP contribution in [0.1, 0.15) is 32.1 Å². The van der Waals surface area contributed by atoms with Crippen molar-refractivity contribution in [2.24, 2.45) is 0 Å². The molecule has 1 rings (SSSR count). The summed E-state index contributed by atoms with van der Waals surface area (Å²) in [7, 11) is 4.20. The minimum Gasteiger partial charge on any atom is -0.378 e. The fourth-order valence-electron chi connectivity index (χ4n) is 1.88. The van der Waals surface area contributed by atoms with Crippen LogP contribution in [0.3, 0.4) is 0 Å². The summed E-state index contributed by atoms with van der Waals surface area (Å²) < 4.78 is 5.82. The van der Waals surface area contributed by atoms with E-state index in [2.05, 4.69) is 25.6 Å². The van der Waals surface area contributed by atoms with Crippen LogP contribution in [0.2, 0.25) is 0 Å². The van der Waals surface area contributed by atoms with Crippen molar-refractivity contribution in [3.8, 4) is 0 Å². The summed E-state index contributed by atoms with van der Waals surface area (Å²) in [5.74, 6) is 0. The molecular weight excluding hydrogens is 174 g/mol. The van der Waals surface area contributed by atoms with E-state index in [1.165, 1.54) is 24.8 Å². The molecule has 0 heterocycles. The third-order valence-electron chi connectivity index (χ3n) is 2.68. The van der Waals surface area contributed by atoms with Crippen LogP contribution in [0.25, 0.3) is 0 Å². The standard InChI is InChI=1S/C12H23NO/c1-11-6-4-7-12(10-11)14-9-5-8-13(2)3/h12H,1,4-10H2,2-3H3. The molecule has 0 aromatic carbocycles. The van der Waals surface area contributed by atoms with Gasteiger partial charge in [-0.1, -0.05) is 12.2 Å². The monoisotopic (exact) mass is 197 g/mol. The van der Waals surface area contributed by atoms with Crippen molar-refractivity contribution >= 4 is 0 Å². The van der Waals surface area contributed by atoms with Gasteiger partial charge in [-0.3, -0.25) is 0 Å². The van der Waals surface area contributed by atoms with E-state index < -0.39 is 0 Å². The van der Waals surface area contributed by atoms with Gasteiger partial charge in [-0.15, -0.1) is 0 Å². The highest BCUT2D eigenvalue weighted by atomic mass is 16.5. The Balaban J connectivity index is 2.03. The first kappa shape index (κ1) is 11.7. The maximum atomic E-state index is 5.82. The van der Waals surface area contributed by atoms with E-state index in [-0.39, 0.29) is 0 Å². The van der Waals surface area contributed by atoms with Gasteiger partial charge < -0.3 is 9.64 Å². The van der Waals surface area contributed by atoms with Crippen LogP contribution in [0, 0.1) is 0 Å². The van der Waals surface area contributed by atoms with E-state index in [4.69, 9.17) is 4.74 Å². The Morgan fingerprint density at radius 2 is 2.29 bits per heavy atom. The molecule has 0 aromatic heterocycles. The minimum absolute atomic E-state index is 0.457. The van der Waals surface area contributed by atoms with Gasteiger partial charge in [0.15, 0.2) is 0 Å². The van der Waals surface area contributed by atoms with Gasteiger partial charge in [-0.25, -0.2) is 0 Å². The molecule has 0 spiro atoms. The lowest BCUT2D eigenvalue weighted by molar-refractivity contribution is 0.0357. The summed E-state index contributed by atoms with van der Waals surface area (Å²) in [4.78, 5) is 2.20. The second kappa shape index (κ2) is 6.20. The molecule has 0 aliphatic heterocycles. The summed E-state index contributed by atoms with van der Waals surface area (Å²) >= 11 is 0. The number of nitrogens with zero attached hydrogens (tertiary/aromatic N) is 1. The van der Waals surface area contributed by atoms with Gasteiger partial charge in [0.25, 0.3) is 0 Å². The van der Waals surface area contributed by atoms with Gasteiger partial charge in [-0.05, 0) is 52.7 Å². The van der Waals surface area contributed by atoms with Crippen LogP contribution in [-0.2, 0) is 4.74 Å². The molecule has 1 atom stereocenters. The summed E-state index contributed by atoms with van der Waals surface area (Å²) in [5.41, 5.74) is 1.37. The van der Waals surface area contributed by atoms with E-state index in [9.17, 15) is 0 Å². The second-order valence-electron chi connectivity index (χ2n) is 4.50. The molecule has 0 N–H and O–H groups in total. The lowest BCUT2D eigenvalue weighted by Gasteiger charge is -2.24. The lowest BCUT2D eigenvalue weighted by atomic mass is 9.94. The van der Waals surface area contributed by atoms with Crippen LogP contribution in [0.5, 0.6) is 0 Å². The van der Waals surface area contributed by atoms with E-state index in [1.54, 1.807) is 0 Å². The highest BCUT2D eigenvalue weighted by Gasteiger charge is 2.15. The number of hydrogen-bond donors (Lipinski definition) is 0. The maximum absolute atomic E-state index is 5.82. The predicted octanol–water partition coefficient (Wildman–Crippen LogP) is 2.45. The first-order valence-electron chi connectivity index (χ1n) is 5.61. The Bertz CT molecular complexity index is 177. The number of hydrogen-bond acceptors (Lipinski definition) is 2. The van der Waals surface area contributed by atoms with Crippen molar-refractivity contribution in [1.82, 2.24) is 4.90 Å². The topological polar surface area (TPSA) is 12.5 Å². The molecule has 82 valence electrons. The predicted molar refractivity (Wildman–Crippen MR) is 60.5 cm³/mol. The first-order valence-corrected chi connectivity index (χ1v) is 5.61. The molecule has 0 bridgehead atoms. The SMILES string of the molecule is C=C1CCCC(OCCCN(C)C)C1. The maximum Gasteiger partial charge on any atom is 0.0612 e. The molecule has 1 aliphatic carbocycles. The molecule has 1 fully saturated rings. The van der Waals surface area contributed by atoms with E-state index in [1.807, 2.05) is 0 Å². The van der Waals surface area contributed by atoms with Gasteiger partial charge in [-0.2, -0.15) is 0 Å². The summed E-state index contributed by atoms with van der Waals surface area (Å²) in [6, 6.07) is 0. The third-order valence-corrected chi connectivity index (χ3v) is 2.68. The van der Waals surface area contributed by atoms with Crippen molar-refractivity contribution in [2.75, 3.05) is 27.2 Å². The molecule has 0 amide bonds. The van der Waals surface area contributed by atoms with Gasteiger partial charge in [0.2, 0.25) is 0 Å². The zero-order valence-corrected chi connectivity index (χ0v) is 9.59. The second-order valence-corrected chi connectivity index (χ2v) is 4.50. The van der Waals surface area contributed by atoms with Crippen LogP contribution in [0.4, 0.5) is 0 Å². The lowest BCUT2D eigenvalue weighted by Crippen LogP contribution is -2.21. The molecule has 1 aliphatic rings. The van der Waals surface area contributed by atoms with E-state index in [0.717, 1.165) is 26.0 Å². The molecule has 0 saturated heterocycles. The molecule has 0 radical (unpaired) electrons. The Morgan fingerprint density at radius 1 is 1.50 bits per heavy atom. The quantitative estimate of drug-likeness (QED) is 0.496. The average Bonchev–Trinajstić information content (AvgIpc) is 2.12. The largest absolute Gasteiger partial charge is 0.378 e. The molecule has 0 aromatic rings. The fraction of sp³-hybridized carbons (Fsp3) is 0.833. The molecule has 1 saturated carbocycles. The smallest absolute Gasteiger partial charge is 0.0612 e.